The topological polar surface area (TPSA) is 32.3 Å². The minimum atomic E-state index is 0.377. The van der Waals surface area contributed by atoms with E-state index in [9.17, 15) is 5.11 Å². The first-order valence-corrected chi connectivity index (χ1v) is 7.63. The number of phenols is 1. The molecule has 1 fully saturated rings. The molecule has 2 aromatic rings. The molecule has 1 heterocycles. The summed E-state index contributed by atoms with van der Waals surface area (Å²) in [5.74, 6) is 1.13. The first-order valence-electron chi connectivity index (χ1n) is 6.75. The normalized spacial score (nSPS) is 16.3. The van der Waals surface area contributed by atoms with Crippen molar-refractivity contribution in [1.29, 1.82) is 0 Å². The Labute approximate surface area is 118 Å². The highest BCUT2D eigenvalue weighted by Crippen LogP contribution is 2.44. The molecule has 100 valence electrons. The van der Waals surface area contributed by atoms with E-state index in [-0.39, 0.29) is 0 Å². The van der Waals surface area contributed by atoms with Crippen LogP contribution in [-0.2, 0) is 0 Å². The van der Waals surface area contributed by atoms with Crippen molar-refractivity contribution in [2.45, 2.75) is 32.7 Å². The number of benzene rings is 1. The monoisotopic (exact) mass is 273 g/mol. The number of rotatable bonds is 4. The molecule has 0 spiro atoms. The molecular formula is C16H19NOS. The zero-order chi connectivity index (χ0) is 13.4. The van der Waals surface area contributed by atoms with Crippen LogP contribution in [0.15, 0.2) is 29.6 Å². The van der Waals surface area contributed by atoms with Gasteiger partial charge in [0.25, 0.3) is 0 Å². The van der Waals surface area contributed by atoms with Crippen LogP contribution in [0.3, 0.4) is 0 Å². The minimum absolute atomic E-state index is 0.377. The van der Waals surface area contributed by atoms with Gasteiger partial charge in [0.2, 0.25) is 0 Å². The highest BCUT2D eigenvalue weighted by Gasteiger charge is 2.33. The fraction of sp³-hybridized carbons (Fsp3) is 0.375. The first-order chi connectivity index (χ1) is 9.15. The second kappa shape index (κ2) is 4.89. The van der Waals surface area contributed by atoms with Crippen molar-refractivity contribution in [2.24, 2.45) is 5.92 Å². The molecule has 3 heteroatoms. The van der Waals surface area contributed by atoms with Gasteiger partial charge in [0.15, 0.2) is 0 Å². The van der Waals surface area contributed by atoms with E-state index in [0.29, 0.717) is 11.8 Å². The van der Waals surface area contributed by atoms with E-state index in [2.05, 4.69) is 22.8 Å². The summed E-state index contributed by atoms with van der Waals surface area (Å²) in [7, 11) is 0. The number of hydrogen-bond donors (Lipinski definition) is 2. The van der Waals surface area contributed by atoms with Gasteiger partial charge in [0.05, 0.1) is 6.04 Å². The maximum atomic E-state index is 9.74. The van der Waals surface area contributed by atoms with Crippen molar-refractivity contribution in [1.82, 2.24) is 0 Å². The molecule has 3 rings (SSSR count). The Bertz CT molecular complexity index is 573. The van der Waals surface area contributed by atoms with Crippen molar-refractivity contribution in [2.75, 3.05) is 5.32 Å². The Morgan fingerprint density at radius 2 is 2.05 bits per heavy atom. The van der Waals surface area contributed by atoms with Crippen LogP contribution in [0, 0.1) is 19.8 Å². The molecule has 0 radical (unpaired) electrons. The number of aromatic hydroxyl groups is 1. The maximum Gasteiger partial charge on any atom is 0.118 e. The SMILES string of the molecule is Cc1cc(NC(c2cccs2)C2CC2)c(C)cc1O. The van der Waals surface area contributed by atoms with E-state index >= 15 is 0 Å². The van der Waals surface area contributed by atoms with Crippen molar-refractivity contribution >= 4 is 17.0 Å². The zero-order valence-corrected chi connectivity index (χ0v) is 12.1. The number of aryl methyl sites for hydroxylation is 2. The van der Waals surface area contributed by atoms with Crippen molar-refractivity contribution in [3.8, 4) is 5.75 Å². The Kier molecular flexibility index (Phi) is 3.23. The summed E-state index contributed by atoms with van der Waals surface area (Å²) >= 11 is 1.82. The summed E-state index contributed by atoms with van der Waals surface area (Å²) in [4.78, 5) is 1.41. The van der Waals surface area contributed by atoms with Gasteiger partial charge < -0.3 is 10.4 Å². The van der Waals surface area contributed by atoms with Gasteiger partial charge in [0, 0.05) is 10.6 Å². The lowest BCUT2D eigenvalue weighted by Gasteiger charge is -2.20. The molecule has 1 aromatic heterocycles. The Morgan fingerprint density at radius 1 is 1.26 bits per heavy atom. The first kappa shape index (κ1) is 12.5. The summed E-state index contributed by atoms with van der Waals surface area (Å²) < 4.78 is 0. The molecule has 0 bridgehead atoms. The molecule has 1 aliphatic rings. The lowest BCUT2D eigenvalue weighted by Crippen LogP contribution is -2.12. The van der Waals surface area contributed by atoms with Crippen LogP contribution >= 0.6 is 11.3 Å². The van der Waals surface area contributed by atoms with Crippen LogP contribution in [0.1, 0.15) is 34.9 Å². The molecule has 0 saturated heterocycles. The largest absolute Gasteiger partial charge is 0.508 e. The van der Waals surface area contributed by atoms with E-state index in [1.807, 2.05) is 37.3 Å². The van der Waals surface area contributed by atoms with Crippen molar-refractivity contribution in [3.05, 3.63) is 45.6 Å². The smallest absolute Gasteiger partial charge is 0.118 e. The van der Waals surface area contributed by atoms with Crippen molar-refractivity contribution in [3.63, 3.8) is 0 Å². The number of nitrogens with one attached hydrogen (secondary N) is 1. The highest BCUT2D eigenvalue weighted by molar-refractivity contribution is 7.10. The maximum absolute atomic E-state index is 9.74. The standard InChI is InChI=1S/C16H19NOS/c1-10-9-14(18)11(2)8-13(10)17-16(12-5-6-12)15-4-3-7-19-15/h3-4,7-9,12,16-18H,5-6H2,1-2H3. The van der Waals surface area contributed by atoms with E-state index in [1.165, 1.54) is 17.7 Å². The predicted octanol–water partition coefficient (Wildman–Crippen LogP) is 4.63. The molecule has 1 atom stereocenters. The third-order valence-electron chi connectivity index (χ3n) is 3.80. The second-order valence-electron chi connectivity index (χ2n) is 5.43. The van der Waals surface area contributed by atoms with Gasteiger partial charge in [-0.05, 0) is 67.3 Å². The second-order valence-corrected chi connectivity index (χ2v) is 6.41. The van der Waals surface area contributed by atoms with E-state index in [0.717, 1.165) is 22.7 Å². The Morgan fingerprint density at radius 3 is 2.68 bits per heavy atom. The van der Waals surface area contributed by atoms with Crippen LogP contribution < -0.4 is 5.32 Å². The molecule has 2 N–H and O–H groups in total. The van der Waals surface area contributed by atoms with Crippen LogP contribution in [0.5, 0.6) is 5.75 Å². The molecule has 19 heavy (non-hydrogen) atoms. The summed E-state index contributed by atoms with van der Waals surface area (Å²) in [6.07, 6.45) is 2.62. The van der Waals surface area contributed by atoms with Crippen LogP contribution in [0.2, 0.25) is 0 Å². The van der Waals surface area contributed by atoms with Gasteiger partial charge in [-0.3, -0.25) is 0 Å². The predicted molar refractivity (Wildman–Crippen MR) is 81.0 cm³/mol. The van der Waals surface area contributed by atoms with Crippen molar-refractivity contribution < 1.29 is 5.11 Å². The fourth-order valence-electron chi connectivity index (χ4n) is 2.44. The van der Waals surface area contributed by atoms with Gasteiger partial charge >= 0.3 is 0 Å². The molecule has 1 unspecified atom stereocenters. The molecule has 0 aliphatic heterocycles. The minimum Gasteiger partial charge on any atom is -0.508 e. The Hall–Kier alpha value is -1.48. The molecule has 1 aromatic carbocycles. The van der Waals surface area contributed by atoms with Crippen LogP contribution in [0.4, 0.5) is 5.69 Å². The summed E-state index contributed by atoms with van der Waals surface area (Å²) in [5.41, 5.74) is 3.17. The van der Waals surface area contributed by atoms with Crippen LogP contribution in [0.25, 0.3) is 0 Å². The average molecular weight is 273 g/mol. The van der Waals surface area contributed by atoms with Crippen LogP contribution in [-0.4, -0.2) is 5.11 Å². The zero-order valence-electron chi connectivity index (χ0n) is 11.3. The Balaban J connectivity index is 1.88. The number of hydrogen-bond acceptors (Lipinski definition) is 3. The van der Waals surface area contributed by atoms with Gasteiger partial charge in [-0.2, -0.15) is 0 Å². The number of thiophene rings is 1. The van der Waals surface area contributed by atoms with Gasteiger partial charge in [0.1, 0.15) is 5.75 Å². The third kappa shape index (κ3) is 2.61. The van der Waals surface area contributed by atoms with E-state index in [4.69, 9.17) is 0 Å². The number of phenolic OH excluding ortho intramolecular Hbond substituents is 1. The fourth-order valence-corrected chi connectivity index (χ4v) is 3.31. The molecule has 1 saturated carbocycles. The molecule has 1 aliphatic carbocycles. The lowest BCUT2D eigenvalue weighted by atomic mass is 10.1. The highest BCUT2D eigenvalue weighted by atomic mass is 32.1. The number of anilines is 1. The quantitative estimate of drug-likeness (QED) is 0.796. The molecule has 2 nitrogen and oxygen atoms in total. The summed E-state index contributed by atoms with van der Waals surface area (Å²) in [6.45, 7) is 3.98. The van der Waals surface area contributed by atoms with Gasteiger partial charge in [-0.25, -0.2) is 0 Å². The summed E-state index contributed by atoms with van der Waals surface area (Å²) in [5, 5.41) is 15.6. The third-order valence-corrected chi connectivity index (χ3v) is 4.75. The van der Waals surface area contributed by atoms with Gasteiger partial charge in [-0.1, -0.05) is 6.07 Å². The molecule has 0 amide bonds. The van der Waals surface area contributed by atoms with Gasteiger partial charge in [-0.15, -0.1) is 11.3 Å². The van der Waals surface area contributed by atoms with E-state index in [1.54, 1.807) is 0 Å². The molecular weight excluding hydrogens is 254 g/mol. The summed E-state index contributed by atoms with van der Waals surface area (Å²) in [6, 6.07) is 8.64. The average Bonchev–Trinajstić information content (AvgIpc) is 3.07. The lowest BCUT2D eigenvalue weighted by molar-refractivity contribution is 0.470. The van der Waals surface area contributed by atoms with E-state index < -0.39 is 0 Å².